The Balaban J connectivity index is 1.66. The number of hydrogen-bond acceptors (Lipinski definition) is 5. The van der Waals surface area contributed by atoms with Crippen molar-refractivity contribution >= 4 is 28.0 Å². The number of carbonyl (C=O) groups is 1. The monoisotopic (exact) mass is 468 g/mol. The summed E-state index contributed by atoms with van der Waals surface area (Å²) in [6, 6.07) is 5.79. The van der Waals surface area contributed by atoms with Crippen LogP contribution >= 0.6 is 0 Å². The third kappa shape index (κ3) is 3.36. The van der Waals surface area contributed by atoms with Gasteiger partial charge in [0.1, 0.15) is 0 Å². The summed E-state index contributed by atoms with van der Waals surface area (Å²) in [7, 11) is 0. The van der Waals surface area contributed by atoms with Gasteiger partial charge >= 0.3 is 5.97 Å². The smallest absolute Gasteiger partial charge is 0.332 e. The van der Waals surface area contributed by atoms with Crippen molar-refractivity contribution in [2.45, 2.75) is 37.2 Å². The van der Waals surface area contributed by atoms with Crippen LogP contribution in [0.4, 0.5) is 8.78 Å². The van der Waals surface area contributed by atoms with Crippen LogP contribution in [-0.4, -0.2) is 56.7 Å². The number of rotatable bonds is 4. The van der Waals surface area contributed by atoms with Gasteiger partial charge in [-0.2, -0.15) is 5.10 Å². The molecule has 4 aromatic rings. The Morgan fingerprint density at radius 3 is 2.71 bits per heavy atom. The number of H-pyrrole nitrogens is 1. The van der Waals surface area contributed by atoms with E-state index in [1.165, 1.54) is 6.07 Å². The number of nitrogens with zero attached hydrogens (tertiary/aromatic N) is 3. The maximum Gasteiger partial charge on any atom is 0.332 e. The molecule has 2 aliphatic rings. The van der Waals surface area contributed by atoms with E-state index in [2.05, 4.69) is 10.2 Å². The Kier molecular flexibility index (Phi) is 5.07. The number of halogens is 2. The van der Waals surface area contributed by atoms with E-state index in [0.29, 0.717) is 36.5 Å². The van der Waals surface area contributed by atoms with Gasteiger partial charge in [-0.05, 0) is 37.5 Å². The molecule has 0 aliphatic carbocycles. The molecule has 0 amide bonds. The number of nitrogens with one attached hydrogen (secondary N) is 1. The first-order chi connectivity index (χ1) is 16.5. The van der Waals surface area contributed by atoms with Crippen LogP contribution in [0.5, 0.6) is 0 Å². The first-order valence-electron chi connectivity index (χ1n) is 11.3. The SMILES string of the molecule is O=C(O)C1CC(c2c(C3CCOCC3)n(-c3ccc(F)c(F)c3)c3cc4cn[nH]c4nc23)CO1. The van der Waals surface area contributed by atoms with E-state index in [0.717, 1.165) is 41.1 Å². The largest absolute Gasteiger partial charge is 0.479 e. The third-order valence-corrected chi connectivity index (χ3v) is 6.87. The molecule has 2 unspecified atom stereocenters. The van der Waals surface area contributed by atoms with Gasteiger partial charge in [0.15, 0.2) is 23.4 Å². The third-order valence-electron chi connectivity index (χ3n) is 6.87. The van der Waals surface area contributed by atoms with Gasteiger partial charge in [0.2, 0.25) is 0 Å². The van der Waals surface area contributed by atoms with Gasteiger partial charge < -0.3 is 19.1 Å². The Labute approximate surface area is 192 Å². The van der Waals surface area contributed by atoms with Crippen LogP contribution < -0.4 is 0 Å². The number of fused-ring (bicyclic) bond motifs is 2. The molecule has 176 valence electrons. The predicted octanol–water partition coefficient (Wildman–Crippen LogP) is 4.03. The fraction of sp³-hybridized carbons (Fsp3) is 0.375. The summed E-state index contributed by atoms with van der Waals surface area (Å²) in [5.74, 6) is -2.99. The number of aromatic nitrogens is 4. The lowest BCUT2D eigenvalue weighted by molar-refractivity contribution is -0.147. The molecule has 2 aliphatic heterocycles. The fourth-order valence-electron chi connectivity index (χ4n) is 5.29. The van der Waals surface area contributed by atoms with E-state index in [1.807, 2.05) is 10.6 Å². The molecule has 2 fully saturated rings. The predicted molar refractivity (Wildman–Crippen MR) is 118 cm³/mol. The van der Waals surface area contributed by atoms with E-state index in [-0.39, 0.29) is 18.4 Å². The number of ether oxygens (including phenoxy) is 2. The Bertz CT molecular complexity index is 1410. The molecule has 0 radical (unpaired) electrons. The summed E-state index contributed by atoms with van der Waals surface area (Å²) in [6.07, 6.45) is 2.58. The van der Waals surface area contributed by atoms with E-state index in [4.69, 9.17) is 14.5 Å². The molecule has 8 nitrogen and oxygen atoms in total. The van der Waals surface area contributed by atoms with Crippen molar-refractivity contribution in [2.24, 2.45) is 0 Å². The molecule has 0 bridgehead atoms. The minimum atomic E-state index is -0.997. The summed E-state index contributed by atoms with van der Waals surface area (Å²) in [5.41, 5.74) is 4.32. The maximum absolute atomic E-state index is 14.4. The number of aromatic amines is 1. The van der Waals surface area contributed by atoms with Crippen LogP contribution in [-0.2, 0) is 14.3 Å². The van der Waals surface area contributed by atoms with Gasteiger partial charge in [-0.25, -0.2) is 18.6 Å². The van der Waals surface area contributed by atoms with Gasteiger partial charge in [0.05, 0.1) is 23.8 Å². The lowest BCUT2D eigenvalue weighted by atomic mass is 9.87. The molecule has 10 heteroatoms. The van der Waals surface area contributed by atoms with Crippen molar-refractivity contribution in [3.05, 3.63) is 53.4 Å². The average Bonchev–Trinajstić information content (AvgIpc) is 3.56. The fourth-order valence-corrected chi connectivity index (χ4v) is 5.29. The Morgan fingerprint density at radius 2 is 1.97 bits per heavy atom. The maximum atomic E-state index is 14.4. The molecule has 6 rings (SSSR count). The van der Waals surface area contributed by atoms with E-state index in [1.54, 1.807) is 12.3 Å². The Morgan fingerprint density at radius 1 is 1.15 bits per heavy atom. The summed E-state index contributed by atoms with van der Waals surface area (Å²) in [4.78, 5) is 16.5. The quantitative estimate of drug-likeness (QED) is 0.469. The zero-order valence-electron chi connectivity index (χ0n) is 18.1. The second-order valence-electron chi connectivity index (χ2n) is 8.88. The van der Waals surface area contributed by atoms with Gasteiger partial charge in [-0.1, -0.05) is 0 Å². The summed E-state index contributed by atoms with van der Waals surface area (Å²) in [6.45, 7) is 1.41. The molecular weight excluding hydrogens is 446 g/mol. The molecule has 3 aromatic heterocycles. The number of carboxylic acid groups (broad SMARTS) is 1. The summed E-state index contributed by atoms with van der Waals surface area (Å²) in [5, 5.41) is 17.3. The molecular formula is C24H22F2N4O4. The van der Waals surface area contributed by atoms with Crippen LogP contribution in [0.15, 0.2) is 30.5 Å². The average molecular weight is 468 g/mol. The molecule has 0 spiro atoms. The van der Waals surface area contributed by atoms with Crippen molar-refractivity contribution in [3.63, 3.8) is 0 Å². The number of aliphatic carboxylic acids is 1. The van der Waals surface area contributed by atoms with Gasteiger partial charge in [-0.15, -0.1) is 0 Å². The van der Waals surface area contributed by atoms with Crippen LogP contribution in [0.3, 0.4) is 0 Å². The molecule has 1 aromatic carbocycles. The highest BCUT2D eigenvalue weighted by Crippen LogP contribution is 2.44. The normalized spacial score (nSPS) is 21.6. The van der Waals surface area contributed by atoms with Gasteiger partial charge in [-0.3, -0.25) is 5.10 Å². The molecule has 5 heterocycles. The van der Waals surface area contributed by atoms with Crippen LogP contribution in [0.2, 0.25) is 0 Å². The molecule has 2 atom stereocenters. The van der Waals surface area contributed by atoms with Crippen molar-refractivity contribution in [1.82, 2.24) is 19.7 Å². The topological polar surface area (TPSA) is 102 Å². The second kappa shape index (κ2) is 8.14. The molecule has 0 saturated carbocycles. The first kappa shape index (κ1) is 21.2. The van der Waals surface area contributed by atoms with Crippen LogP contribution in [0, 0.1) is 11.6 Å². The molecule has 2 N–H and O–H groups in total. The molecule has 34 heavy (non-hydrogen) atoms. The number of hydrogen-bond donors (Lipinski definition) is 2. The van der Waals surface area contributed by atoms with Crippen molar-refractivity contribution in [2.75, 3.05) is 19.8 Å². The van der Waals surface area contributed by atoms with Crippen molar-refractivity contribution < 1.29 is 28.2 Å². The number of pyridine rings is 1. The zero-order valence-corrected chi connectivity index (χ0v) is 18.1. The standard InChI is InChI=1S/C24H22F2N4O4/c25-16-2-1-15(9-17(16)26)30-18-7-13-10-27-29-23(13)28-21(18)20(14-8-19(24(31)32)34-11-14)22(30)12-3-5-33-6-4-12/h1-2,7,9-10,12,14,19H,3-6,8,11H2,(H,31,32)(H,27,28,29). The van der Waals surface area contributed by atoms with E-state index >= 15 is 0 Å². The zero-order chi connectivity index (χ0) is 23.4. The lowest BCUT2D eigenvalue weighted by Gasteiger charge is -2.26. The highest BCUT2D eigenvalue weighted by atomic mass is 19.2. The first-order valence-corrected chi connectivity index (χ1v) is 11.3. The number of carboxylic acids is 1. The Hall–Kier alpha value is -3.37. The minimum absolute atomic E-state index is 0.0754. The van der Waals surface area contributed by atoms with Crippen LogP contribution in [0.1, 0.15) is 42.4 Å². The summed E-state index contributed by atoms with van der Waals surface area (Å²) >= 11 is 0. The van der Waals surface area contributed by atoms with Crippen LogP contribution in [0.25, 0.3) is 27.8 Å². The van der Waals surface area contributed by atoms with Gasteiger partial charge in [0, 0.05) is 53.4 Å². The molecule has 2 saturated heterocycles. The lowest BCUT2D eigenvalue weighted by Crippen LogP contribution is -2.20. The summed E-state index contributed by atoms with van der Waals surface area (Å²) < 4.78 is 41.3. The highest BCUT2D eigenvalue weighted by molar-refractivity contribution is 5.94. The minimum Gasteiger partial charge on any atom is -0.479 e. The van der Waals surface area contributed by atoms with E-state index in [9.17, 15) is 18.7 Å². The van der Waals surface area contributed by atoms with Gasteiger partial charge in [0.25, 0.3) is 0 Å². The van der Waals surface area contributed by atoms with Crippen molar-refractivity contribution in [3.8, 4) is 5.69 Å². The van der Waals surface area contributed by atoms with E-state index < -0.39 is 23.7 Å². The number of benzene rings is 1. The highest BCUT2D eigenvalue weighted by Gasteiger charge is 2.38. The second-order valence-corrected chi connectivity index (χ2v) is 8.88. The van der Waals surface area contributed by atoms with Crippen molar-refractivity contribution in [1.29, 1.82) is 0 Å².